The standard InChI is InChI=1S/C33H37N5O2S/c1-5-15-38(16-6-2)17-14-34-32(40)30-21(3)28(35-22(30)4)19-26-25-18-24(12-13-27(25)36-31(26)39)29-20-41-33(37-29)23-10-8-7-9-11-23/h7-13,18-20,35H,5-6,14-17H2,1-4H3,(H,34,40)(H,36,39)/b26-19-. The maximum absolute atomic E-state index is 13.1. The van der Waals surface area contributed by atoms with Gasteiger partial charge in [-0.1, -0.05) is 50.2 Å². The monoisotopic (exact) mass is 567 g/mol. The third-order valence-corrected chi connectivity index (χ3v) is 8.30. The van der Waals surface area contributed by atoms with Crippen LogP contribution in [-0.4, -0.2) is 52.9 Å². The number of aromatic amines is 1. The van der Waals surface area contributed by atoms with E-state index >= 15 is 0 Å². The van der Waals surface area contributed by atoms with Crippen molar-refractivity contribution >= 4 is 40.5 Å². The molecule has 0 atom stereocenters. The van der Waals surface area contributed by atoms with Crippen molar-refractivity contribution in [2.24, 2.45) is 0 Å². The summed E-state index contributed by atoms with van der Waals surface area (Å²) in [5, 5.41) is 9.07. The van der Waals surface area contributed by atoms with Gasteiger partial charge in [0.05, 0.1) is 16.8 Å². The average Bonchev–Trinajstić information content (AvgIpc) is 3.65. The fourth-order valence-corrected chi connectivity index (χ4v) is 6.23. The average molecular weight is 568 g/mol. The molecule has 7 nitrogen and oxygen atoms in total. The number of aromatic nitrogens is 2. The lowest BCUT2D eigenvalue weighted by Crippen LogP contribution is -2.36. The summed E-state index contributed by atoms with van der Waals surface area (Å²) in [4.78, 5) is 36.7. The van der Waals surface area contributed by atoms with Gasteiger partial charge >= 0.3 is 0 Å². The lowest BCUT2D eigenvalue weighted by atomic mass is 10.0. The van der Waals surface area contributed by atoms with Crippen molar-refractivity contribution in [2.75, 3.05) is 31.5 Å². The van der Waals surface area contributed by atoms with E-state index in [4.69, 9.17) is 4.98 Å². The van der Waals surface area contributed by atoms with Crippen molar-refractivity contribution < 1.29 is 9.59 Å². The zero-order chi connectivity index (χ0) is 28.9. The van der Waals surface area contributed by atoms with Crippen molar-refractivity contribution in [1.82, 2.24) is 20.2 Å². The Morgan fingerprint density at radius 2 is 1.78 bits per heavy atom. The number of aryl methyl sites for hydroxylation is 1. The van der Waals surface area contributed by atoms with Gasteiger partial charge in [-0.05, 0) is 63.6 Å². The number of thiazole rings is 1. The van der Waals surface area contributed by atoms with E-state index in [-0.39, 0.29) is 11.8 Å². The Morgan fingerprint density at radius 1 is 1.02 bits per heavy atom. The van der Waals surface area contributed by atoms with Crippen molar-refractivity contribution in [1.29, 1.82) is 0 Å². The molecule has 41 heavy (non-hydrogen) atoms. The maximum Gasteiger partial charge on any atom is 0.256 e. The van der Waals surface area contributed by atoms with Crippen LogP contribution in [0.15, 0.2) is 53.9 Å². The van der Waals surface area contributed by atoms with E-state index in [2.05, 4.69) is 46.5 Å². The van der Waals surface area contributed by atoms with E-state index in [9.17, 15) is 9.59 Å². The molecular formula is C33H37N5O2S. The molecule has 212 valence electrons. The highest BCUT2D eigenvalue weighted by Crippen LogP contribution is 2.38. The van der Waals surface area contributed by atoms with E-state index in [1.807, 2.05) is 61.7 Å². The number of nitrogens with zero attached hydrogens (tertiary/aromatic N) is 2. The predicted octanol–water partition coefficient (Wildman–Crippen LogP) is 6.77. The molecule has 2 amide bonds. The van der Waals surface area contributed by atoms with E-state index in [0.29, 0.717) is 17.7 Å². The second kappa shape index (κ2) is 12.7. The largest absolute Gasteiger partial charge is 0.358 e. The van der Waals surface area contributed by atoms with Gasteiger partial charge < -0.3 is 20.5 Å². The van der Waals surface area contributed by atoms with Crippen LogP contribution < -0.4 is 10.6 Å². The Hall–Kier alpha value is -4.01. The number of amides is 2. The molecule has 0 spiro atoms. The summed E-state index contributed by atoms with van der Waals surface area (Å²) >= 11 is 1.60. The fraction of sp³-hybridized carbons (Fsp3) is 0.303. The molecule has 0 saturated heterocycles. The molecule has 5 rings (SSSR count). The summed E-state index contributed by atoms with van der Waals surface area (Å²) in [5.41, 5.74) is 8.07. The van der Waals surface area contributed by atoms with Crippen LogP contribution in [0, 0.1) is 13.8 Å². The van der Waals surface area contributed by atoms with Gasteiger partial charge in [0.2, 0.25) is 0 Å². The first kappa shape index (κ1) is 28.5. The molecule has 1 aliphatic rings. The number of hydrogen-bond donors (Lipinski definition) is 3. The highest BCUT2D eigenvalue weighted by atomic mass is 32.1. The molecule has 0 saturated carbocycles. The van der Waals surface area contributed by atoms with Gasteiger partial charge in [-0.2, -0.15) is 0 Å². The minimum Gasteiger partial charge on any atom is -0.358 e. The Labute approximate surface area is 245 Å². The number of carbonyl (C=O) groups is 2. The number of benzene rings is 2. The van der Waals surface area contributed by atoms with Crippen molar-refractivity contribution in [3.05, 3.63) is 82.0 Å². The number of nitrogens with one attached hydrogen (secondary N) is 3. The van der Waals surface area contributed by atoms with Crippen LogP contribution >= 0.6 is 11.3 Å². The first-order valence-corrected chi connectivity index (χ1v) is 15.2. The lowest BCUT2D eigenvalue weighted by molar-refractivity contribution is -0.110. The van der Waals surface area contributed by atoms with E-state index in [1.165, 1.54) is 0 Å². The minimum absolute atomic E-state index is 0.0924. The molecule has 4 aromatic rings. The number of anilines is 1. The molecule has 0 unspecified atom stereocenters. The zero-order valence-corrected chi connectivity index (χ0v) is 25.0. The number of H-pyrrole nitrogens is 1. The molecule has 2 aromatic heterocycles. The summed E-state index contributed by atoms with van der Waals surface area (Å²) in [6.07, 6.45) is 4.04. The Bertz CT molecular complexity index is 1580. The highest BCUT2D eigenvalue weighted by molar-refractivity contribution is 7.13. The van der Waals surface area contributed by atoms with Gasteiger partial charge in [0.15, 0.2) is 0 Å². The van der Waals surface area contributed by atoms with Crippen LogP contribution in [-0.2, 0) is 4.79 Å². The second-order valence-electron chi connectivity index (χ2n) is 10.4. The van der Waals surface area contributed by atoms with Gasteiger partial charge in [-0.25, -0.2) is 4.98 Å². The normalized spacial score (nSPS) is 13.6. The van der Waals surface area contributed by atoms with Crippen molar-refractivity contribution in [3.8, 4) is 21.8 Å². The summed E-state index contributed by atoms with van der Waals surface area (Å²) in [5.74, 6) is -0.254. The number of carbonyl (C=O) groups excluding carboxylic acids is 2. The lowest BCUT2D eigenvalue weighted by Gasteiger charge is -2.21. The van der Waals surface area contributed by atoms with Crippen LogP contribution in [0.25, 0.3) is 33.5 Å². The molecule has 0 fully saturated rings. The SMILES string of the molecule is CCCN(CCC)CCNC(=O)c1c(C)[nH]c(/C=C2\C(=O)Nc3ccc(-c4csc(-c5ccccc5)n4)cc32)c1C. The Morgan fingerprint density at radius 3 is 2.51 bits per heavy atom. The third-order valence-electron chi connectivity index (χ3n) is 7.41. The van der Waals surface area contributed by atoms with Gasteiger partial charge in [0.25, 0.3) is 11.8 Å². The smallest absolute Gasteiger partial charge is 0.256 e. The van der Waals surface area contributed by atoms with E-state index in [1.54, 1.807) is 11.3 Å². The first-order chi connectivity index (χ1) is 19.9. The summed E-state index contributed by atoms with van der Waals surface area (Å²) in [6.45, 7) is 11.7. The highest BCUT2D eigenvalue weighted by Gasteiger charge is 2.26. The maximum atomic E-state index is 13.1. The van der Waals surface area contributed by atoms with Crippen LogP contribution in [0.2, 0.25) is 0 Å². The molecule has 0 aliphatic carbocycles. The molecule has 0 radical (unpaired) electrons. The molecule has 3 heterocycles. The van der Waals surface area contributed by atoms with E-state index < -0.39 is 0 Å². The fourth-order valence-electron chi connectivity index (χ4n) is 5.40. The first-order valence-electron chi connectivity index (χ1n) is 14.3. The van der Waals surface area contributed by atoms with Gasteiger partial charge in [0, 0.05) is 52.2 Å². The molecule has 1 aliphatic heterocycles. The topological polar surface area (TPSA) is 90.1 Å². The van der Waals surface area contributed by atoms with Crippen LogP contribution in [0.5, 0.6) is 0 Å². The molecule has 0 bridgehead atoms. The van der Waals surface area contributed by atoms with Crippen molar-refractivity contribution in [3.63, 3.8) is 0 Å². The van der Waals surface area contributed by atoms with E-state index in [0.717, 1.165) is 82.5 Å². The molecule has 3 N–H and O–H groups in total. The number of hydrogen-bond acceptors (Lipinski definition) is 5. The molecular weight excluding hydrogens is 530 g/mol. The van der Waals surface area contributed by atoms with Crippen LogP contribution in [0.3, 0.4) is 0 Å². The Balaban J connectivity index is 1.37. The Kier molecular flexibility index (Phi) is 8.81. The van der Waals surface area contributed by atoms with Gasteiger partial charge in [0.1, 0.15) is 5.01 Å². The molecule has 8 heteroatoms. The van der Waals surface area contributed by atoms with Crippen LogP contribution in [0.4, 0.5) is 5.69 Å². The van der Waals surface area contributed by atoms with Gasteiger partial charge in [-0.3, -0.25) is 9.59 Å². The quantitative estimate of drug-likeness (QED) is 0.175. The van der Waals surface area contributed by atoms with Gasteiger partial charge in [-0.15, -0.1) is 11.3 Å². The summed E-state index contributed by atoms with van der Waals surface area (Å²) in [6, 6.07) is 16.0. The summed E-state index contributed by atoms with van der Waals surface area (Å²) in [7, 11) is 0. The minimum atomic E-state index is -0.162. The molecule has 2 aromatic carbocycles. The van der Waals surface area contributed by atoms with Crippen molar-refractivity contribution in [2.45, 2.75) is 40.5 Å². The second-order valence-corrected chi connectivity index (χ2v) is 11.3. The van der Waals surface area contributed by atoms with Crippen LogP contribution in [0.1, 0.15) is 59.6 Å². The summed E-state index contributed by atoms with van der Waals surface area (Å²) < 4.78 is 0. The zero-order valence-electron chi connectivity index (χ0n) is 24.1. The number of rotatable bonds is 11. The third kappa shape index (κ3) is 6.19. The number of fused-ring (bicyclic) bond motifs is 1. The predicted molar refractivity (Wildman–Crippen MR) is 169 cm³/mol.